The first-order valence-electron chi connectivity index (χ1n) is 8.11. The van der Waals surface area contributed by atoms with E-state index in [-0.39, 0.29) is 54.7 Å². The lowest BCUT2D eigenvalue weighted by Gasteiger charge is -2.16. The van der Waals surface area contributed by atoms with Gasteiger partial charge in [-0.05, 0) is 25.5 Å². The number of hydrogen-bond acceptors (Lipinski definition) is 5. The second-order valence-corrected chi connectivity index (χ2v) is 7.94. The van der Waals surface area contributed by atoms with Crippen LogP contribution >= 0.6 is 24.0 Å². The molecule has 7 nitrogen and oxygen atoms in total. The van der Waals surface area contributed by atoms with Crippen molar-refractivity contribution in [3.63, 3.8) is 0 Å². The number of nitrogens with one attached hydrogen (secondary N) is 2. The van der Waals surface area contributed by atoms with Crippen molar-refractivity contribution in [1.82, 2.24) is 15.6 Å². The van der Waals surface area contributed by atoms with Gasteiger partial charge < -0.3 is 15.4 Å². The number of alkyl halides is 3. The fourth-order valence-electron chi connectivity index (χ4n) is 2.44. The van der Waals surface area contributed by atoms with E-state index in [9.17, 15) is 21.6 Å². The van der Waals surface area contributed by atoms with E-state index in [1.54, 1.807) is 0 Å². The molecule has 1 atom stereocenters. The Bertz CT molecular complexity index is 744. The number of rotatable bonds is 6. The molecule has 1 aromatic heterocycles. The molecule has 0 radical (unpaired) electrons. The molecule has 12 heteroatoms. The first-order valence-corrected chi connectivity index (χ1v) is 9.93. The van der Waals surface area contributed by atoms with Crippen molar-refractivity contribution in [2.24, 2.45) is 4.99 Å². The summed E-state index contributed by atoms with van der Waals surface area (Å²) in [6.45, 7) is 2.40. The Labute approximate surface area is 173 Å². The molecule has 1 saturated heterocycles. The molecular weight excluding hydrogens is 500 g/mol. The van der Waals surface area contributed by atoms with Gasteiger partial charge in [-0.2, -0.15) is 13.2 Å². The molecule has 1 aliphatic rings. The molecule has 2 N–H and O–H groups in total. The van der Waals surface area contributed by atoms with E-state index in [2.05, 4.69) is 20.6 Å². The molecule has 0 spiro atoms. The normalized spacial score (nSPS) is 19.3. The summed E-state index contributed by atoms with van der Waals surface area (Å²) in [6.07, 6.45) is -2.83. The van der Waals surface area contributed by atoms with Gasteiger partial charge in [-0.3, -0.25) is 0 Å². The highest BCUT2D eigenvalue weighted by atomic mass is 127. The number of nitrogens with zero attached hydrogens (tertiary/aromatic N) is 2. The van der Waals surface area contributed by atoms with Gasteiger partial charge in [0.1, 0.15) is 12.2 Å². The van der Waals surface area contributed by atoms with Crippen molar-refractivity contribution in [2.75, 3.05) is 31.2 Å². The number of ether oxygens (including phenoxy) is 1. The molecule has 0 aliphatic carbocycles. The Morgan fingerprint density at radius 2 is 2.19 bits per heavy atom. The maximum atomic E-state index is 12.9. The summed E-state index contributed by atoms with van der Waals surface area (Å²) < 4.78 is 66.7. The number of halogens is 4. The Balaban J connectivity index is 0.00000364. The topological polar surface area (TPSA) is 92.7 Å². The minimum atomic E-state index is -4.54. The van der Waals surface area contributed by atoms with Crippen molar-refractivity contribution in [1.29, 1.82) is 0 Å². The maximum Gasteiger partial charge on any atom is 0.421 e. The Kier molecular flexibility index (Phi) is 9.05. The lowest BCUT2D eigenvalue weighted by Crippen LogP contribution is -2.44. The van der Waals surface area contributed by atoms with Crippen LogP contribution in [0.4, 0.5) is 13.2 Å². The monoisotopic (exact) mass is 522 g/mol. The highest BCUT2D eigenvalue weighted by molar-refractivity contribution is 14.0. The average molecular weight is 522 g/mol. The van der Waals surface area contributed by atoms with E-state index < -0.39 is 27.5 Å². The van der Waals surface area contributed by atoms with Crippen LogP contribution in [-0.4, -0.2) is 56.6 Å². The quantitative estimate of drug-likeness (QED) is 0.257. The fourth-order valence-corrected chi connectivity index (χ4v) is 4.12. The number of guanidine groups is 1. The van der Waals surface area contributed by atoms with Gasteiger partial charge >= 0.3 is 6.18 Å². The van der Waals surface area contributed by atoms with Crippen LogP contribution in [0.25, 0.3) is 0 Å². The summed E-state index contributed by atoms with van der Waals surface area (Å²) in [7, 11) is -3.02. The predicted molar refractivity (Wildman–Crippen MR) is 106 cm³/mol. The third-order valence-corrected chi connectivity index (χ3v) is 5.36. The van der Waals surface area contributed by atoms with E-state index in [0.29, 0.717) is 18.9 Å². The summed E-state index contributed by atoms with van der Waals surface area (Å²) >= 11 is 0. The minimum absolute atomic E-state index is 0. The second kappa shape index (κ2) is 10.3. The summed E-state index contributed by atoms with van der Waals surface area (Å²) in [5, 5.41) is 5.98. The molecule has 2 heterocycles. The summed E-state index contributed by atoms with van der Waals surface area (Å²) in [5.74, 6) is 0.0782. The van der Waals surface area contributed by atoms with Gasteiger partial charge in [0.25, 0.3) is 0 Å². The van der Waals surface area contributed by atoms with Crippen LogP contribution in [0.2, 0.25) is 0 Å². The zero-order valence-electron chi connectivity index (χ0n) is 14.6. The first-order chi connectivity index (χ1) is 12.2. The van der Waals surface area contributed by atoms with Gasteiger partial charge in [0.2, 0.25) is 5.88 Å². The zero-order valence-corrected chi connectivity index (χ0v) is 17.8. The van der Waals surface area contributed by atoms with Gasteiger partial charge in [0.15, 0.2) is 15.8 Å². The van der Waals surface area contributed by atoms with Gasteiger partial charge in [-0.1, -0.05) is 0 Å². The van der Waals surface area contributed by atoms with Crippen molar-refractivity contribution in [3.8, 4) is 5.88 Å². The first kappa shape index (κ1) is 23.7. The van der Waals surface area contributed by atoms with Gasteiger partial charge in [-0.25, -0.2) is 18.4 Å². The molecule has 0 bridgehead atoms. The molecule has 0 aromatic carbocycles. The predicted octanol–water partition coefficient (Wildman–Crippen LogP) is 1.84. The molecule has 154 valence electrons. The Morgan fingerprint density at radius 3 is 2.78 bits per heavy atom. The standard InChI is InChI=1S/C15H21F3N4O3S.HI/c1-2-19-14(22-11-5-9-26(23,24)10-11)21-7-8-25-13-12(15(16,17)18)4-3-6-20-13;/h3-4,6,11H,2,5,7-10H2,1H3,(H2,19,21,22);1H. The minimum Gasteiger partial charge on any atom is -0.475 e. The van der Waals surface area contributed by atoms with E-state index in [4.69, 9.17) is 4.74 Å². The average Bonchev–Trinajstić information content (AvgIpc) is 2.90. The van der Waals surface area contributed by atoms with E-state index in [0.717, 1.165) is 6.07 Å². The van der Waals surface area contributed by atoms with Crippen LogP contribution in [0.3, 0.4) is 0 Å². The molecule has 1 unspecified atom stereocenters. The lowest BCUT2D eigenvalue weighted by molar-refractivity contribution is -0.139. The zero-order chi connectivity index (χ0) is 19.2. The maximum absolute atomic E-state index is 12.9. The number of sulfone groups is 1. The SMILES string of the molecule is CCNC(=NCCOc1ncccc1C(F)(F)F)NC1CCS(=O)(=O)C1.I. The third kappa shape index (κ3) is 7.68. The molecule has 1 aromatic rings. The Hall–Kier alpha value is -1.31. The van der Waals surface area contributed by atoms with Crippen LogP contribution in [0, 0.1) is 0 Å². The fraction of sp³-hybridized carbons (Fsp3) is 0.600. The van der Waals surface area contributed by atoms with Crippen molar-refractivity contribution < 1.29 is 26.3 Å². The summed E-state index contributed by atoms with van der Waals surface area (Å²) in [5.41, 5.74) is -0.940. The summed E-state index contributed by atoms with van der Waals surface area (Å²) in [6, 6.07) is 1.86. The highest BCUT2D eigenvalue weighted by Gasteiger charge is 2.35. The molecule has 0 saturated carbocycles. The molecule has 1 fully saturated rings. The van der Waals surface area contributed by atoms with Gasteiger partial charge in [0.05, 0.1) is 18.1 Å². The smallest absolute Gasteiger partial charge is 0.421 e. The van der Waals surface area contributed by atoms with E-state index in [1.165, 1.54) is 12.3 Å². The number of hydrogen-bond donors (Lipinski definition) is 2. The molecule has 0 amide bonds. The van der Waals surface area contributed by atoms with Gasteiger partial charge in [0, 0.05) is 18.8 Å². The largest absolute Gasteiger partial charge is 0.475 e. The van der Waals surface area contributed by atoms with E-state index >= 15 is 0 Å². The van der Waals surface area contributed by atoms with Crippen molar-refractivity contribution >= 4 is 39.8 Å². The highest BCUT2D eigenvalue weighted by Crippen LogP contribution is 2.34. The van der Waals surface area contributed by atoms with Crippen LogP contribution < -0.4 is 15.4 Å². The van der Waals surface area contributed by atoms with E-state index in [1.807, 2.05) is 6.92 Å². The second-order valence-electron chi connectivity index (χ2n) is 5.71. The molecule has 1 aliphatic heterocycles. The van der Waals surface area contributed by atoms with Crippen molar-refractivity contribution in [2.45, 2.75) is 25.6 Å². The van der Waals surface area contributed by atoms with Crippen LogP contribution in [0.1, 0.15) is 18.9 Å². The number of pyridine rings is 1. The Morgan fingerprint density at radius 1 is 1.44 bits per heavy atom. The van der Waals surface area contributed by atoms with Crippen molar-refractivity contribution in [3.05, 3.63) is 23.9 Å². The van der Waals surface area contributed by atoms with Gasteiger partial charge in [-0.15, -0.1) is 24.0 Å². The van der Waals surface area contributed by atoms with Crippen LogP contribution in [0.5, 0.6) is 5.88 Å². The van der Waals surface area contributed by atoms with Crippen LogP contribution in [0.15, 0.2) is 23.3 Å². The molecular formula is C15H22F3IN4O3S. The third-order valence-electron chi connectivity index (χ3n) is 3.59. The molecule has 2 rings (SSSR count). The number of aliphatic imine (C=N–C) groups is 1. The molecule has 27 heavy (non-hydrogen) atoms. The summed E-state index contributed by atoms with van der Waals surface area (Å²) in [4.78, 5) is 7.81. The van der Waals surface area contributed by atoms with Crippen LogP contribution in [-0.2, 0) is 16.0 Å². The lowest BCUT2D eigenvalue weighted by atomic mass is 10.2. The number of aromatic nitrogens is 1.